The lowest BCUT2D eigenvalue weighted by molar-refractivity contribution is -0.0964. The molecule has 1 N–H and O–H groups in total. The Labute approximate surface area is 275 Å². The summed E-state index contributed by atoms with van der Waals surface area (Å²) in [5, 5.41) is 4.16. The van der Waals surface area contributed by atoms with E-state index in [2.05, 4.69) is 31.2 Å². The van der Waals surface area contributed by atoms with E-state index < -0.39 is 21.5 Å². The van der Waals surface area contributed by atoms with E-state index in [1.54, 1.807) is 42.7 Å². The van der Waals surface area contributed by atoms with Gasteiger partial charge in [0.1, 0.15) is 30.3 Å². The number of hydrogen-bond acceptors (Lipinski definition) is 8. The Bertz CT molecular complexity index is 1980. The highest BCUT2D eigenvalue weighted by Gasteiger charge is 2.42. The number of rotatable bonds is 12. The highest BCUT2D eigenvalue weighted by Crippen LogP contribution is 2.41. The zero-order valence-corrected chi connectivity index (χ0v) is 27.3. The predicted molar refractivity (Wildman–Crippen MR) is 178 cm³/mol. The van der Waals surface area contributed by atoms with E-state index in [0.717, 1.165) is 32.2 Å². The zero-order valence-electron chi connectivity index (χ0n) is 24.9. The van der Waals surface area contributed by atoms with Crippen molar-refractivity contribution < 1.29 is 27.0 Å². The van der Waals surface area contributed by atoms with Crippen molar-refractivity contribution in [3.05, 3.63) is 131 Å². The first-order valence-corrected chi connectivity index (χ1v) is 17.1. The van der Waals surface area contributed by atoms with Crippen molar-refractivity contribution in [3.63, 3.8) is 0 Å². The minimum absolute atomic E-state index is 0.0177. The first kappa shape index (κ1) is 31.7. The second-order valence-corrected chi connectivity index (χ2v) is 13.8. The number of benzene rings is 4. The molecule has 2 heterocycles. The number of ether oxygens (including phenoxy) is 3. The van der Waals surface area contributed by atoms with Crippen LogP contribution in [0.15, 0.2) is 119 Å². The molecule has 1 aromatic heterocycles. The largest absolute Gasteiger partial charge is 0.488 e. The summed E-state index contributed by atoms with van der Waals surface area (Å²) in [6, 6.07) is 26.1. The molecule has 0 fully saturated rings. The molecule has 0 amide bonds. The SMILES string of the molecule is CC(OCCS(=O)(=O)c1ccccc1)C1(c2ccc3ncnc(Nc4ccc(OCc5cccc(F)c5)c(Br)c4)c3c2)CC=CO1. The first-order chi connectivity index (χ1) is 22.2. The van der Waals surface area contributed by atoms with Gasteiger partial charge in [0.15, 0.2) is 15.4 Å². The first-order valence-electron chi connectivity index (χ1n) is 14.6. The molecule has 1 aliphatic rings. The number of anilines is 2. The van der Waals surface area contributed by atoms with Crippen molar-refractivity contribution in [2.45, 2.75) is 36.6 Å². The molecule has 6 rings (SSSR count). The number of sulfone groups is 1. The Morgan fingerprint density at radius 2 is 1.87 bits per heavy atom. The molecule has 5 aromatic rings. The van der Waals surface area contributed by atoms with Crippen molar-refractivity contribution >= 4 is 48.2 Å². The topological polar surface area (TPSA) is 99.6 Å². The maximum absolute atomic E-state index is 13.5. The van der Waals surface area contributed by atoms with Crippen molar-refractivity contribution in [1.82, 2.24) is 9.97 Å². The van der Waals surface area contributed by atoms with Crippen LogP contribution in [-0.4, -0.2) is 36.8 Å². The van der Waals surface area contributed by atoms with E-state index in [1.165, 1.54) is 18.5 Å². The summed E-state index contributed by atoms with van der Waals surface area (Å²) in [5.41, 5.74) is 2.22. The maximum atomic E-state index is 13.5. The molecule has 0 radical (unpaired) electrons. The Kier molecular flexibility index (Phi) is 9.34. The quantitative estimate of drug-likeness (QED) is 0.140. The van der Waals surface area contributed by atoms with Crippen LogP contribution in [0.5, 0.6) is 5.75 Å². The van der Waals surface area contributed by atoms with Gasteiger partial charge in [0.25, 0.3) is 0 Å². The number of nitrogens with one attached hydrogen (secondary N) is 1. The van der Waals surface area contributed by atoms with E-state index in [1.807, 2.05) is 55.5 Å². The van der Waals surface area contributed by atoms with Gasteiger partial charge in [-0.05, 0) is 94.7 Å². The van der Waals surface area contributed by atoms with Crippen LogP contribution in [0, 0.1) is 5.82 Å². The fourth-order valence-electron chi connectivity index (χ4n) is 5.38. The van der Waals surface area contributed by atoms with E-state index in [4.69, 9.17) is 14.2 Å². The second kappa shape index (κ2) is 13.6. The van der Waals surface area contributed by atoms with Crippen LogP contribution in [0.3, 0.4) is 0 Å². The number of nitrogens with zero attached hydrogens (tertiary/aromatic N) is 2. The minimum Gasteiger partial charge on any atom is -0.488 e. The number of aromatic nitrogens is 2. The minimum atomic E-state index is -3.48. The summed E-state index contributed by atoms with van der Waals surface area (Å²) in [7, 11) is -3.48. The second-order valence-electron chi connectivity index (χ2n) is 10.9. The van der Waals surface area contributed by atoms with Crippen LogP contribution in [-0.2, 0) is 31.5 Å². The third kappa shape index (κ3) is 6.91. The summed E-state index contributed by atoms with van der Waals surface area (Å²) < 4.78 is 58.1. The summed E-state index contributed by atoms with van der Waals surface area (Å²) in [5.74, 6) is 0.756. The molecule has 0 saturated heterocycles. The van der Waals surface area contributed by atoms with Gasteiger partial charge in [0, 0.05) is 17.5 Å². The fraction of sp³-hybridized carbons (Fsp3) is 0.200. The third-order valence-electron chi connectivity index (χ3n) is 7.88. The number of halogens is 2. The van der Waals surface area contributed by atoms with E-state index in [9.17, 15) is 12.8 Å². The van der Waals surface area contributed by atoms with Crippen molar-refractivity contribution in [3.8, 4) is 5.75 Å². The summed E-state index contributed by atoms with van der Waals surface area (Å²) in [6.45, 7) is 2.14. The number of fused-ring (bicyclic) bond motifs is 1. The smallest absolute Gasteiger partial charge is 0.180 e. The van der Waals surface area contributed by atoms with Gasteiger partial charge < -0.3 is 19.5 Å². The van der Waals surface area contributed by atoms with Gasteiger partial charge in [-0.2, -0.15) is 0 Å². The molecule has 11 heteroatoms. The molecule has 46 heavy (non-hydrogen) atoms. The van der Waals surface area contributed by atoms with Crippen molar-refractivity contribution in [2.24, 2.45) is 0 Å². The van der Waals surface area contributed by atoms with E-state index in [-0.39, 0.29) is 29.7 Å². The zero-order chi connectivity index (χ0) is 32.1. The molecule has 8 nitrogen and oxygen atoms in total. The van der Waals surface area contributed by atoms with Crippen LogP contribution in [0.1, 0.15) is 24.5 Å². The highest BCUT2D eigenvalue weighted by molar-refractivity contribution is 9.10. The molecule has 4 aromatic carbocycles. The van der Waals surface area contributed by atoms with Crippen molar-refractivity contribution in [2.75, 3.05) is 17.7 Å². The standard InChI is InChI=1S/C35H31BrFN3O5S/c1-24(43-17-18-46(41,42)29-9-3-2-4-10-29)35(15-6-16-45-35)26-11-13-32-30(20-26)34(39-23-38-32)40-28-12-14-33(31(36)21-28)44-22-25-7-5-8-27(37)19-25/h2-14,16,19-21,23-24H,15,17-18,22H2,1H3,(H,38,39,40). The Morgan fingerprint density at radius 3 is 2.63 bits per heavy atom. The molecular weight excluding hydrogens is 673 g/mol. The van der Waals surface area contributed by atoms with E-state index in [0.29, 0.717) is 18.0 Å². The lowest BCUT2D eigenvalue weighted by Crippen LogP contribution is -2.39. The van der Waals surface area contributed by atoms with Gasteiger partial charge in [0.2, 0.25) is 0 Å². The van der Waals surface area contributed by atoms with Crippen LogP contribution >= 0.6 is 15.9 Å². The molecule has 0 spiro atoms. The molecule has 0 aliphatic carbocycles. The van der Waals surface area contributed by atoms with Crippen LogP contribution in [0.4, 0.5) is 15.9 Å². The summed E-state index contributed by atoms with van der Waals surface area (Å²) in [4.78, 5) is 9.25. The number of hydrogen-bond donors (Lipinski definition) is 1. The van der Waals surface area contributed by atoms with Crippen LogP contribution < -0.4 is 10.1 Å². The lowest BCUT2D eigenvalue weighted by atomic mass is 9.85. The van der Waals surface area contributed by atoms with Gasteiger partial charge in [-0.3, -0.25) is 0 Å². The maximum Gasteiger partial charge on any atom is 0.180 e. The van der Waals surface area contributed by atoms with Gasteiger partial charge in [0.05, 0.1) is 39.6 Å². The average Bonchev–Trinajstić information content (AvgIpc) is 3.56. The van der Waals surface area contributed by atoms with Crippen molar-refractivity contribution in [1.29, 1.82) is 0 Å². The molecule has 2 atom stereocenters. The summed E-state index contributed by atoms with van der Waals surface area (Å²) in [6.07, 6.45) is 5.16. The monoisotopic (exact) mass is 703 g/mol. The normalized spacial score (nSPS) is 16.7. The van der Waals surface area contributed by atoms with Crippen LogP contribution in [0.25, 0.3) is 10.9 Å². The molecule has 0 bridgehead atoms. The van der Waals surface area contributed by atoms with E-state index >= 15 is 0 Å². The fourth-order valence-corrected chi connectivity index (χ4v) is 6.99. The summed E-state index contributed by atoms with van der Waals surface area (Å²) >= 11 is 3.58. The Morgan fingerprint density at radius 1 is 1.02 bits per heavy atom. The predicted octanol–water partition coefficient (Wildman–Crippen LogP) is 7.86. The molecular formula is C35H31BrFN3O5S. The lowest BCUT2D eigenvalue weighted by Gasteiger charge is -2.35. The van der Waals surface area contributed by atoms with Crippen LogP contribution in [0.2, 0.25) is 0 Å². The van der Waals surface area contributed by atoms with Gasteiger partial charge >= 0.3 is 0 Å². The molecule has 2 unspecified atom stereocenters. The Balaban J connectivity index is 1.19. The average molecular weight is 705 g/mol. The van der Waals surface area contributed by atoms with Gasteiger partial charge in [-0.15, -0.1) is 0 Å². The Hall–Kier alpha value is -4.32. The molecule has 1 aliphatic heterocycles. The third-order valence-corrected chi connectivity index (χ3v) is 10.2. The molecule has 0 saturated carbocycles. The van der Waals surface area contributed by atoms with Gasteiger partial charge in [-0.1, -0.05) is 36.4 Å². The molecule has 236 valence electrons. The highest BCUT2D eigenvalue weighted by atomic mass is 79.9. The van der Waals surface area contributed by atoms with Gasteiger partial charge in [-0.25, -0.2) is 22.8 Å².